The Balaban J connectivity index is 1.54. The fraction of sp³-hybridized carbons (Fsp3) is 0.414. The number of pyridine rings is 1. The summed E-state index contributed by atoms with van der Waals surface area (Å²) in [6.07, 6.45) is 10.1. The summed E-state index contributed by atoms with van der Waals surface area (Å²) in [4.78, 5) is 29.6. The molecule has 1 amide bonds. The van der Waals surface area contributed by atoms with Crippen molar-refractivity contribution in [1.82, 2.24) is 14.9 Å². The quantitative estimate of drug-likeness (QED) is 0.402. The number of hydrogen-bond acceptors (Lipinski definition) is 6. The molecule has 0 spiro atoms. The molecule has 4 rings (SSSR count). The van der Waals surface area contributed by atoms with Crippen LogP contribution in [0.15, 0.2) is 55.0 Å². The number of nitrogens with zero attached hydrogens (tertiary/aromatic N) is 2. The van der Waals surface area contributed by atoms with Gasteiger partial charge in [0.05, 0.1) is 12.8 Å². The van der Waals surface area contributed by atoms with Gasteiger partial charge in [-0.2, -0.15) is 0 Å². The number of methoxy groups -OCH3 is 1. The first-order valence-corrected chi connectivity index (χ1v) is 12.7. The maximum Gasteiger partial charge on any atom is 0.418 e. The minimum absolute atomic E-state index is 0.402. The van der Waals surface area contributed by atoms with Gasteiger partial charge in [0, 0.05) is 41.8 Å². The van der Waals surface area contributed by atoms with Crippen LogP contribution in [0.25, 0.3) is 22.4 Å². The Morgan fingerprint density at radius 2 is 1.81 bits per heavy atom. The minimum atomic E-state index is -0.616. The smallest absolute Gasteiger partial charge is 0.418 e. The summed E-state index contributed by atoms with van der Waals surface area (Å²) in [6, 6.07) is 10.7. The second kappa shape index (κ2) is 11.5. The van der Waals surface area contributed by atoms with Gasteiger partial charge in [0.2, 0.25) is 0 Å². The van der Waals surface area contributed by atoms with E-state index in [0.717, 1.165) is 24.0 Å². The van der Waals surface area contributed by atoms with Crippen molar-refractivity contribution in [1.29, 1.82) is 0 Å². The third-order valence-electron chi connectivity index (χ3n) is 6.33. The van der Waals surface area contributed by atoms with E-state index < -0.39 is 17.8 Å². The Bertz CT molecular complexity index is 1240. The molecule has 1 saturated carbocycles. The van der Waals surface area contributed by atoms with Crippen molar-refractivity contribution in [2.45, 2.75) is 58.5 Å². The van der Waals surface area contributed by atoms with Crippen LogP contribution in [0, 0.1) is 5.92 Å². The number of amides is 1. The molecule has 1 aliphatic carbocycles. The highest BCUT2D eigenvalue weighted by Gasteiger charge is 2.21. The largest absolute Gasteiger partial charge is 0.496 e. The molecular formula is C29H35N3O5. The van der Waals surface area contributed by atoms with Crippen LogP contribution >= 0.6 is 0 Å². The molecule has 0 atom stereocenters. The lowest BCUT2D eigenvalue weighted by atomic mass is 9.89. The van der Waals surface area contributed by atoms with E-state index in [9.17, 15) is 9.59 Å². The number of rotatable bonds is 6. The summed E-state index contributed by atoms with van der Waals surface area (Å²) in [5, 5.41) is 2.90. The molecule has 3 aromatic rings. The van der Waals surface area contributed by atoms with E-state index in [0.29, 0.717) is 35.2 Å². The van der Waals surface area contributed by atoms with Crippen LogP contribution in [0.1, 0.15) is 52.9 Å². The molecule has 0 unspecified atom stereocenters. The number of aromatic nitrogens is 2. The summed E-state index contributed by atoms with van der Waals surface area (Å²) >= 11 is 0. The van der Waals surface area contributed by atoms with E-state index >= 15 is 0 Å². The van der Waals surface area contributed by atoms with E-state index in [2.05, 4.69) is 10.3 Å². The third kappa shape index (κ3) is 6.90. The average Bonchev–Trinajstić information content (AvgIpc) is 3.38. The lowest BCUT2D eigenvalue weighted by molar-refractivity contribution is 0.0540. The first-order chi connectivity index (χ1) is 17.7. The Labute approximate surface area is 218 Å². The topological polar surface area (TPSA) is 91.7 Å². The highest BCUT2D eigenvalue weighted by molar-refractivity contribution is 5.81. The van der Waals surface area contributed by atoms with E-state index in [1.54, 1.807) is 50.0 Å². The third-order valence-corrected chi connectivity index (χ3v) is 6.33. The summed E-state index contributed by atoms with van der Waals surface area (Å²) in [5.41, 5.74) is 2.23. The SMILES string of the molecule is COc1ccc(OC(=O)NCC2CCCCC2)cc1-c1cncc(-c2cccn2C(=O)OC(C)(C)C)c1. The predicted molar refractivity (Wildman–Crippen MR) is 142 cm³/mol. The summed E-state index contributed by atoms with van der Waals surface area (Å²) < 4.78 is 18.1. The van der Waals surface area contributed by atoms with Gasteiger partial charge in [-0.1, -0.05) is 19.3 Å². The van der Waals surface area contributed by atoms with Crippen molar-refractivity contribution in [3.8, 4) is 33.9 Å². The zero-order valence-corrected chi connectivity index (χ0v) is 22.0. The second-order valence-corrected chi connectivity index (χ2v) is 10.3. The van der Waals surface area contributed by atoms with Crippen molar-refractivity contribution in [2.24, 2.45) is 5.92 Å². The van der Waals surface area contributed by atoms with Crippen LogP contribution in [0.4, 0.5) is 9.59 Å². The predicted octanol–water partition coefficient (Wildman–Crippen LogP) is 6.68. The molecule has 1 aliphatic rings. The molecule has 8 nitrogen and oxygen atoms in total. The van der Waals surface area contributed by atoms with Crippen molar-refractivity contribution in [3.63, 3.8) is 0 Å². The molecule has 0 aliphatic heterocycles. The van der Waals surface area contributed by atoms with Gasteiger partial charge in [-0.3, -0.25) is 9.55 Å². The summed E-state index contributed by atoms with van der Waals surface area (Å²) in [7, 11) is 1.58. The normalized spacial score (nSPS) is 14.2. The number of ether oxygens (including phenoxy) is 3. The summed E-state index contributed by atoms with van der Waals surface area (Å²) in [5.74, 6) is 1.53. The monoisotopic (exact) mass is 505 g/mol. The molecule has 0 bridgehead atoms. The maximum absolute atomic E-state index is 12.7. The van der Waals surface area contributed by atoms with E-state index in [1.165, 1.54) is 23.8 Å². The standard InChI is InChI=1S/C29H35N3O5/c1-29(2,3)37-28(34)32-14-8-11-25(32)22-15-21(18-30-19-22)24-16-23(12-13-26(24)35-4)36-27(33)31-17-20-9-6-5-7-10-20/h8,11-16,18-20H,5-7,9-10,17H2,1-4H3,(H,31,33). The zero-order valence-electron chi connectivity index (χ0n) is 22.0. The molecule has 8 heteroatoms. The van der Waals surface area contributed by atoms with E-state index in [1.807, 2.05) is 32.9 Å². The molecule has 1 N–H and O–H groups in total. The lowest BCUT2D eigenvalue weighted by Crippen LogP contribution is -2.32. The maximum atomic E-state index is 12.7. The first-order valence-electron chi connectivity index (χ1n) is 12.7. The lowest BCUT2D eigenvalue weighted by Gasteiger charge is -2.21. The second-order valence-electron chi connectivity index (χ2n) is 10.3. The van der Waals surface area contributed by atoms with Crippen LogP contribution in [0.5, 0.6) is 11.5 Å². The van der Waals surface area contributed by atoms with Gasteiger partial charge in [0.15, 0.2) is 0 Å². The Hall–Kier alpha value is -3.81. The van der Waals surface area contributed by atoms with Crippen LogP contribution in [-0.4, -0.2) is 41.0 Å². The van der Waals surface area contributed by atoms with Gasteiger partial charge in [-0.15, -0.1) is 0 Å². The number of benzene rings is 1. The fourth-order valence-electron chi connectivity index (χ4n) is 4.55. The molecule has 2 aromatic heterocycles. The fourth-order valence-corrected chi connectivity index (χ4v) is 4.55. The van der Waals surface area contributed by atoms with Gasteiger partial charge in [-0.05, 0) is 75.9 Å². The van der Waals surface area contributed by atoms with Crippen LogP contribution in [0.3, 0.4) is 0 Å². The van der Waals surface area contributed by atoms with Gasteiger partial charge >= 0.3 is 12.2 Å². The van der Waals surface area contributed by atoms with Gasteiger partial charge in [-0.25, -0.2) is 9.59 Å². The molecule has 0 radical (unpaired) electrons. The average molecular weight is 506 g/mol. The minimum Gasteiger partial charge on any atom is -0.496 e. The Morgan fingerprint density at radius 1 is 1.05 bits per heavy atom. The van der Waals surface area contributed by atoms with Crippen molar-refractivity contribution in [2.75, 3.05) is 13.7 Å². The van der Waals surface area contributed by atoms with Crippen LogP contribution < -0.4 is 14.8 Å². The van der Waals surface area contributed by atoms with Gasteiger partial charge < -0.3 is 19.5 Å². The zero-order chi connectivity index (χ0) is 26.4. The van der Waals surface area contributed by atoms with Crippen molar-refractivity contribution in [3.05, 3.63) is 55.0 Å². The van der Waals surface area contributed by atoms with Gasteiger partial charge in [0.25, 0.3) is 0 Å². The van der Waals surface area contributed by atoms with Crippen molar-refractivity contribution < 1.29 is 23.8 Å². The summed E-state index contributed by atoms with van der Waals surface area (Å²) in [6.45, 7) is 6.11. The molecule has 2 heterocycles. The first kappa shape index (κ1) is 26.3. The molecular weight excluding hydrogens is 470 g/mol. The molecule has 1 fully saturated rings. The number of carbonyl (C=O) groups excluding carboxylic acids is 2. The number of hydrogen-bond donors (Lipinski definition) is 1. The molecule has 0 saturated heterocycles. The molecule has 196 valence electrons. The molecule has 37 heavy (non-hydrogen) atoms. The van der Waals surface area contributed by atoms with Crippen LogP contribution in [0.2, 0.25) is 0 Å². The van der Waals surface area contributed by atoms with Crippen molar-refractivity contribution >= 4 is 12.2 Å². The number of nitrogens with one attached hydrogen (secondary N) is 1. The highest BCUT2D eigenvalue weighted by atomic mass is 16.6. The van der Waals surface area contributed by atoms with Gasteiger partial charge in [0.1, 0.15) is 17.1 Å². The molecule has 1 aromatic carbocycles. The number of carbonyl (C=O) groups is 2. The van der Waals surface area contributed by atoms with E-state index in [4.69, 9.17) is 14.2 Å². The Kier molecular flexibility index (Phi) is 8.16. The van der Waals surface area contributed by atoms with E-state index in [-0.39, 0.29) is 0 Å². The highest BCUT2D eigenvalue weighted by Crippen LogP contribution is 2.35. The Morgan fingerprint density at radius 3 is 2.54 bits per heavy atom. The van der Waals surface area contributed by atoms with Crippen LogP contribution in [-0.2, 0) is 4.74 Å².